The molecular formula is C23H37N5O. The lowest BCUT2D eigenvalue weighted by molar-refractivity contribution is -0.129. The van der Waals surface area contributed by atoms with Crippen LogP contribution in [0.2, 0.25) is 0 Å². The molecule has 3 rings (SSSR count). The Morgan fingerprint density at radius 3 is 2.62 bits per heavy atom. The molecule has 2 fully saturated rings. The maximum atomic E-state index is 12.2. The molecule has 0 aromatic heterocycles. The van der Waals surface area contributed by atoms with Gasteiger partial charge in [0.25, 0.3) is 0 Å². The van der Waals surface area contributed by atoms with Crippen molar-refractivity contribution in [3.8, 4) is 0 Å². The van der Waals surface area contributed by atoms with E-state index in [0.717, 1.165) is 64.4 Å². The molecule has 2 saturated heterocycles. The van der Waals surface area contributed by atoms with Crippen molar-refractivity contribution in [1.29, 1.82) is 0 Å². The van der Waals surface area contributed by atoms with Crippen LogP contribution in [-0.2, 0) is 11.3 Å². The summed E-state index contributed by atoms with van der Waals surface area (Å²) in [6.45, 7) is 9.71. The van der Waals surface area contributed by atoms with Crippen molar-refractivity contribution in [3.05, 3.63) is 35.9 Å². The lowest BCUT2D eigenvalue weighted by Gasteiger charge is -2.38. The van der Waals surface area contributed by atoms with E-state index in [4.69, 9.17) is 0 Å². The van der Waals surface area contributed by atoms with Gasteiger partial charge >= 0.3 is 0 Å². The van der Waals surface area contributed by atoms with Crippen LogP contribution < -0.4 is 10.6 Å². The van der Waals surface area contributed by atoms with Gasteiger partial charge < -0.3 is 15.5 Å². The Hall–Kier alpha value is -2.08. The molecule has 2 N–H and O–H groups in total. The Morgan fingerprint density at radius 2 is 1.93 bits per heavy atom. The van der Waals surface area contributed by atoms with Gasteiger partial charge in [0.1, 0.15) is 0 Å². The molecular weight excluding hydrogens is 362 g/mol. The lowest BCUT2D eigenvalue weighted by Crippen LogP contribution is -2.51. The number of carbonyl (C=O) groups is 1. The topological polar surface area (TPSA) is 60.0 Å². The highest BCUT2D eigenvalue weighted by Gasteiger charge is 2.26. The van der Waals surface area contributed by atoms with Gasteiger partial charge in [-0.15, -0.1) is 0 Å². The van der Waals surface area contributed by atoms with E-state index in [1.165, 1.54) is 5.56 Å². The smallest absolute Gasteiger partial charge is 0.224 e. The summed E-state index contributed by atoms with van der Waals surface area (Å²) in [4.78, 5) is 21.4. The van der Waals surface area contributed by atoms with E-state index in [1.54, 1.807) is 0 Å². The van der Waals surface area contributed by atoms with Gasteiger partial charge in [-0.25, -0.2) is 0 Å². The van der Waals surface area contributed by atoms with Crippen molar-refractivity contribution in [3.63, 3.8) is 0 Å². The number of amides is 1. The monoisotopic (exact) mass is 399 g/mol. The van der Waals surface area contributed by atoms with Gasteiger partial charge in [-0.2, -0.15) is 0 Å². The average Bonchev–Trinajstić information content (AvgIpc) is 3.26. The van der Waals surface area contributed by atoms with Crippen LogP contribution in [-0.4, -0.2) is 66.5 Å². The van der Waals surface area contributed by atoms with Gasteiger partial charge in [0.15, 0.2) is 5.96 Å². The summed E-state index contributed by atoms with van der Waals surface area (Å²) in [5, 5.41) is 6.94. The molecule has 0 spiro atoms. The second-order valence-electron chi connectivity index (χ2n) is 8.27. The number of nitrogens with zero attached hydrogens (tertiary/aromatic N) is 3. The van der Waals surface area contributed by atoms with Crippen LogP contribution in [0, 0.1) is 0 Å². The predicted molar refractivity (Wildman–Crippen MR) is 119 cm³/mol. The van der Waals surface area contributed by atoms with E-state index in [9.17, 15) is 4.79 Å². The number of benzene rings is 1. The van der Waals surface area contributed by atoms with Crippen molar-refractivity contribution in [2.24, 2.45) is 4.99 Å². The first-order valence-corrected chi connectivity index (χ1v) is 11.3. The van der Waals surface area contributed by atoms with Gasteiger partial charge in [0, 0.05) is 51.2 Å². The summed E-state index contributed by atoms with van der Waals surface area (Å²) >= 11 is 0. The predicted octanol–water partition coefficient (Wildman–Crippen LogP) is 2.61. The van der Waals surface area contributed by atoms with E-state index in [1.807, 2.05) is 4.90 Å². The highest BCUT2D eigenvalue weighted by Crippen LogP contribution is 2.20. The summed E-state index contributed by atoms with van der Waals surface area (Å²) < 4.78 is 0. The van der Waals surface area contributed by atoms with Gasteiger partial charge in [-0.1, -0.05) is 30.3 Å². The minimum atomic E-state index is 0.241. The van der Waals surface area contributed by atoms with Crippen molar-refractivity contribution in [1.82, 2.24) is 20.4 Å². The van der Waals surface area contributed by atoms with Crippen LogP contribution in [0.1, 0.15) is 51.5 Å². The number of aliphatic imine (C=N–C) groups is 1. The summed E-state index contributed by atoms with van der Waals surface area (Å²) in [6, 6.07) is 11.7. The van der Waals surface area contributed by atoms with Crippen LogP contribution in [0.3, 0.4) is 0 Å². The van der Waals surface area contributed by atoms with Crippen LogP contribution >= 0.6 is 0 Å². The molecule has 1 aromatic carbocycles. The summed E-state index contributed by atoms with van der Waals surface area (Å²) in [5.41, 5.74) is 1.38. The highest BCUT2D eigenvalue weighted by molar-refractivity contribution is 5.81. The zero-order valence-electron chi connectivity index (χ0n) is 18.1. The first kappa shape index (κ1) is 21.6. The molecule has 0 radical (unpaired) electrons. The molecule has 160 valence electrons. The minimum absolute atomic E-state index is 0.241. The van der Waals surface area contributed by atoms with Crippen LogP contribution in [0.15, 0.2) is 35.3 Å². The molecule has 2 aliphatic heterocycles. The highest BCUT2D eigenvalue weighted by atomic mass is 16.2. The first-order valence-electron chi connectivity index (χ1n) is 11.3. The van der Waals surface area contributed by atoms with Gasteiger partial charge in [-0.05, 0) is 45.1 Å². The molecule has 0 bridgehead atoms. The molecule has 0 saturated carbocycles. The van der Waals surface area contributed by atoms with Crippen LogP contribution in [0.25, 0.3) is 0 Å². The molecule has 1 amide bonds. The van der Waals surface area contributed by atoms with Crippen molar-refractivity contribution < 1.29 is 4.79 Å². The molecule has 6 heteroatoms. The molecule has 2 heterocycles. The zero-order valence-corrected chi connectivity index (χ0v) is 18.1. The molecule has 1 aromatic rings. The SMILES string of the molecule is CCNC(=NCCC(=O)N1CCCC1)NC1CCN(Cc2ccccc2)C(C)C1. The lowest BCUT2D eigenvalue weighted by atomic mass is 9.97. The third-order valence-electron chi connectivity index (χ3n) is 5.98. The normalized spacial score (nSPS) is 23.2. The fourth-order valence-corrected chi connectivity index (χ4v) is 4.31. The van der Waals surface area contributed by atoms with Crippen LogP contribution in [0.4, 0.5) is 0 Å². The van der Waals surface area contributed by atoms with E-state index >= 15 is 0 Å². The Morgan fingerprint density at radius 1 is 1.17 bits per heavy atom. The summed E-state index contributed by atoms with van der Waals surface area (Å²) in [5.74, 6) is 1.08. The third-order valence-corrected chi connectivity index (χ3v) is 5.98. The average molecular weight is 400 g/mol. The number of rotatable bonds is 7. The number of likely N-dealkylation sites (tertiary alicyclic amines) is 2. The molecule has 6 nitrogen and oxygen atoms in total. The second kappa shape index (κ2) is 11.2. The number of carbonyl (C=O) groups excluding carboxylic acids is 1. The van der Waals surface area contributed by atoms with Crippen molar-refractivity contribution >= 4 is 11.9 Å². The Balaban J connectivity index is 1.45. The molecule has 2 unspecified atom stereocenters. The summed E-state index contributed by atoms with van der Waals surface area (Å²) in [7, 11) is 0. The Kier molecular flexibility index (Phi) is 8.35. The quantitative estimate of drug-likeness (QED) is 0.547. The fourth-order valence-electron chi connectivity index (χ4n) is 4.31. The van der Waals surface area contributed by atoms with Gasteiger partial charge in [0.05, 0.1) is 6.54 Å². The first-order chi connectivity index (χ1) is 14.2. The van der Waals surface area contributed by atoms with Crippen LogP contribution in [0.5, 0.6) is 0 Å². The van der Waals surface area contributed by atoms with Gasteiger partial charge in [-0.3, -0.25) is 14.7 Å². The summed E-state index contributed by atoms with van der Waals surface area (Å²) in [6.07, 6.45) is 4.99. The fraction of sp³-hybridized carbons (Fsp3) is 0.652. The molecule has 2 aliphatic rings. The number of guanidine groups is 1. The van der Waals surface area contributed by atoms with Gasteiger partial charge in [0.2, 0.25) is 5.91 Å². The minimum Gasteiger partial charge on any atom is -0.357 e. The maximum absolute atomic E-state index is 12.2. The maximum Gasteiger partial charge on any atom is 0.224 e. The standard InChI is InChI=1S/C23H37N5O/c1-3-24-23(25-13-11-22(29)27-14-7-8-15-27)26-21-12-16-28(19(2)17-21)18-20-9-5-4-6-10-20/h4-6,9-10,19,21H,3,7-8,11-18H2,1-2H3,(H2,24,25,26). The molecule has 0 aliphatic carbocycles. The van der Waals surface area contributed by atoms with E-state index < -0.39 is 0 Å². The van der Waals surface area contributed by atoms with Crippen molar-refractivity contribution in [2.45, 2.75) is 64.6 Å². The molecule has 2 atom stereocenters. The second-order valence-corrected chi connectivity index (χ2v) is 8.27. The van der Waals surface area contributed by atoms with Crippen molar-refractivity contribution in [2.75, 3.05) is 32.7 Å². The zero-order chi connectivity index (χ0) is 20.5. The Labute approximate surface area is 175 Å². The van der Waals surface area contributed by atoms with E-state index in [-0.39, 0.29) is 5.91 Å². The number of piperidine rings is 1. The van der Waals surface area contributed by atoms with E-state index in [2.05, 4.69) is 64.7 Å². The molecule has 29 heavy (non-hydrogen) atoms. The third kappa shape index (κ3) is 6.74. The number of hydrogen-bond donors (Lipinski definition) is 2. The van der Waals surface area contributed by atoms with E-state index in [0.29, 0.717) is 25.0 Å². The largest absolute Gasteiger partial charge is 0.357 e. The number of nitrogens with one attached hydrogen (secondary N) is 2. The number of hydrogen-bond acceptors (Lipinski definition) is 3. The Bertz CT molecular complexity index is 656.